The van der Waals surface area contributed by atoms with E-state index in [1.807, 2.05) is 52.2 Å². The van der Waals surface area contributed by atoms with Crippen LogP contribution in [0.1, 0.15) is 19.4 Å². The maximum Gasteiger partial charge on any atom is 0.407 e. The lowest BCUT2D eigenvalue weighted by atomic mass is 10.0. The van der Waals surface area contributed by atoms with Crippen molar-refractivity contribution in [3.05, 3.63) is 41.2 Å². The number of pyridine rings is 2. The molecule has 37 heavy (non-hydrogen) atoms. The molecule has 0 spiro atoms. The van der Waals surface area contributed by atoms with Gasteiger partial charge in [0.1, 0.15) is 5.75 Å². The number of aryl methyl sites for hydroxylation is 2. The van der Waals surface area contributed by atoms with Crippen molar-refractivity contribution in [2.75, 3.05) is 31.9 Å². The van der Waals surface area contributed by atoms with Crippen LogP contribution in [-0.4, -0.2) is 74.9 Å². The Balaban J connectivity index is 1.55. The van der Waals surface area contributed by atoms with Gasteiger partial charge in [-0.3, -0.25) is 9.58 Å². The number of rotatable bonds is 5. The van der Waals surface area contributed by atoms with Crippen molar-refractivity contribution >= 4 is 45.3 Å². The summed E-state index contributed by atoms with van der Waals surface area (Å²) in [5, 5.41) is 16.3. The highest BCUT2D eigenvalue weighted by atomic mass is 35.5. The third-order valence-corrected chi connectivity index (χ3v) is 7.11. The van der Waals surface area contributed by atoms with Crippen LogP contribution in [0.3, 0.4) is 0 Å². The number of ether oxygens (including phenoxy) is 2. The summed E-state index contributed by atoms with van der Waals surface area (Å²) in [5.41, 5.74) is 4.53. The van der Waals surface area contributed by atoms with Crippen molar-refractivity contribution in [1.29, 1.82) is 0 Å². The lowest BCUT2D eigenvalue weighted by molar-refractivity contribution is 0.0511. The second-order valence-corrected chi connectivity index (χ2v) is 9.92. The number of halogens is 1. The molecule has 1 aliphatic rings. The molecule has 4 heterocycles. The van der Waals surface area contributed by atoms with Gasteiger partial charge in [-0.1, -0.05) is 11.6 Å². The minimum absolute atomic E-state index is 0.0844. The van der Waals surface area contributed by atoms with Crippen molar-refractivity contribution in [2.24, 2.45) is 7.05 Å². The van der Waals surface area contributed by atoms with Gasteiger partial charge in [0.15, 0.2) is 12.4 Å². The second kappa shape index (κ2) is 9.68. The minimum Gasteiger partial charge on any atom is -0.466 e. The molecule has 11 heteroatoms. The normalized spacial score (nSPS) is 18.1. The highest BCUT2D eigenvalue weighted by Crippen LogP contribution is 2.39. The summed E-state index contributed by atoms with van der Waals surface area (Å²) < 4.78 is 12.9. The van der Waals surface area contributed by atoms with Crippen LogP contribution in [0, 0.1) is 6.92 Å². The van der Waals surface area contributed by atoms with Crippen LogP contribution in [0.2, 0.25) is 5.02 Å². The van der Waals surface area contributed by atoms with Gasteiger partial charge >= 0.3 is 6.09 Å². The van der Waals surface area contributed by atoms with Crippen LogP contribution in [0.4, 0.5) is 10.5 Å². The van der Waals surface area contributed by atoms with Gasteiger partial charge in [-0.2, -0.15) is 5.10 Å². The Bertz CT molecular complexity index is 1490. The lowest BCUT2D eigenvalue weighted by Crippen LogP contribution is -2.58. The third-order valence-electron chi connectivity index (χ3n) is 6.80. The number of carboxylic acid groups (broad SMARTS) is 1. The van der Waals surface area contributed by atoms with E-state index >= 15 is 0 Å². The quantitative estimate of drug-likeness (QED) is 0.374. The summed E-state index contributed by atoms with van der Waals surface area (Å²) in [7, 11) is 3.45. The van der Waals surface area contributed by atoms with Crippen LogP contribution in [0.15, 0.2) is 30.6 Å². The average Bonchev–Trinajstić information content (AvgIpc) is 3.23. The molecular formula is C26H29ClN6O4. The van der Waals surface area contributed by atoms with Crippen LogP contribution >= 0.6 is 11.6 Å². The van der Waals surface area contributed by atoms with E-state index in [0.717, 1.165) is 33.1 Å². The topological polar surface area (TPSA) is 106 Å². The Morgan fingerprint density at radius 2 is 1.95 bits per heavy atom. The van der Waals surface area contributed by atoms with Crippen LogP contribution < -0.4 is 9.64 Å². The van der Waals surface area contributed by atoms with Crippen molar-refractivity contribution in [1.82, 2.24) is 24.6 Å². The third kappa shape index (κ3) is 4.51. The Labute approximate surface area is 219 Å². The predicted molar refractivity (Wildman–Crippen MR) is 142 cm³/mol. The summed E-state index contributed by atoms with van der Waals surface area (Å²) in [4.78, 5) is 24.7. The van der Waals surface area contributed by atoms with Crippen LogP contribution in [0.5, 0.6) is 5.75 Å². The fourth-order valence-corrected chi connectivity index (χ4v) is 5.45. The van der Waals surface area contributed by atoms with Gasteiger partial charge in [-0.05, 0) is 39.0 Å². The number of anilines is 1. The number of amides is 1. The van der Waals surface area contributed by atoms with Crippen molar-refractivity contribution < 1.29 is 19.4 Å². The molecule has 3 aromatic heterocycles. The number of fused-ring (bicyclic) bond motifs is 2. The molecule has 0 aliphatic carbocycles. The lowest BCUT2D eigenvalue weighted by Gasteiger charge is -2.43. The van der Waals surface area contributed by atoms with E-state index < -0.39 is 6.09 Å². The maximum absolute atomic E-state index is 11.6. The minimum atomic E-state index is -0.899. The number of nitrogens with zero attached hydrogens (tertiary/aromatic N) is 6. The monoisotopic (exact) mass is 524 g/mol. The first-order valence-corrected chi connectivity index (χ1v) is 12.4. The molecule has 0 radical (unpaired) electrons. The van der Waals surface area contributed by atoms with E-state index in [0.29, 0.717) is 35.2 Å². The van der Waals surface area contributed by atoms with E-state index in [4.69, 9.17) is 26.1 Å². The number of piperazine rings is 1. The zero-order valence-electron chi connectivity index (χ0n) is 21.4. The SMILES string of the molecule is COCOc1c(-c2cc(Cl)c3cc(N4C[C@H](C)N(C(=O)O)[C@@H](C)C4)cnc3n2)cc2cn(C)nc2c1C. The first-order chi connectivity index (χ1) is 17.7. The highest BCUT2D eigenvalue weighted by molar-refractivity contribution is 6.35. The molecule has 0 bridgehead atoms. The number of hydrogen-bond acceptors (Lipinski definition) is 7. The van der Waals surface area contributed by atoms with Gasteiger partial charge in [0.25, 0.3) is 0 Å². The van der Waals surface area contributed by atoms with Crippen LogP contribution in [0.25, 0.3) is 33.2 Å². The Morgan fingerprint density at radius 3 is 2.62 bits per heavy atom. The van der Waals surface area contributed by atoms with E-state index in [1.54, 1.807) is 18.0 Å². The smallest absolute Gasteiger partial charge is 0.407 e. The summed E-state index contributed by atoms with van der Waals surface area (Å²) in [5.74, 6) is 0.631. The summed E-state index contributed by atoms with van der Waals surface area (Å²) >= 11 is 6.80. The number of benzene rings is 1. The molecule has 2 atom stereocenters. The van der Waals surface area contributed by atoms with Crippen molar-refractivity contribution in [2.45, 2.75) is 32.9 Å². The van der Waals surface area contributed by atoms with E-state index in [2.05, 4.69) is 15.0 Å². The molecule has 1 fully saturated rings. The van der Waals surface area contributed by atoms with Gasteiger partial charge in [0.05, 0.1) is 40.2 Å². The van der Waals surface area contributed by atoms with E-state index in [1.165, 1.54) is 4.90 Å². The maximum atomic E-state index is 11.6. The molecule has 1 N–H and O–H groups in total. The molecule has 194 valence electrons. The summed E-state index contributed by atoms with van der Waals surface area (Å²) in [6, 6.07) is 5.48. The molecule has 0 unspecified atom stereocenters. The molecule has 4 aromatic rings. The predicted octanol–water partition coefficient (Wildman–Crippen LogP) is 4.71. The van der Waals surface area contributed by atoms with Gasteiger partial charge in [0, 0.05) is 55.3 Å². The number of hydrogen-bond donors (Lipinski definition) is 1. The first-order valence-electron chi connectivity index (χ1n) is 12.0. The first kappa shape index (κ1) is 25.0. The molecular weight excluding hydrogens is 496 g/mol. The van der Waals surface area contributed by atoms with E-state index in [9.17, 15) is 9.90 Å². The molecule has 1 aromatic carbocycles. The van der Waals surface area contributed by atoms with Crippen molar-refractivity contribution in [3.63, 3.8) is 0 Å². The Kier molecular flexibility index (Phi) is 6.55. The second-order valence-electron chi connectivity index (χ2n) is 9.52. The van der Waals surface area contributed by atoms with E-state index in [-0.39, 0.29) is 18.9 Å². The standard InChI is InChI=1S/C26H29ClN6O4/c1-14-10-32(11-15(2)33(14)26(34)35)18-7-19-21(27)8-22(29-25(19)28-9-18)20-6-17-12-31(4)30-23(17)16(3)24(20)37-13-36-5/h6-9,12,14-15H,10-11,13H2,1-5H3,(H,34,35)/t14-,15-/m0/s1. The Morgan fingerprint density at radius 1 is 1.22 bits per heavy atom. The summed E-state index contributed by atoms with van der Waals surface area (Å²) in [6.07, 6.45) is 2.82. The fourth-order valence-electron chi connectivity index (χ4n) is 5.21. The molecule has 1 saturated heterocycles. The number of aromatic nitrogens is 4. The average molecular weight is 525 g/mol. The zero-order valence-corrected chi connectivity index (χ0v) is 22.2. The fraction of sp³-hybridized carbons (Fsp3) is 0.385. The zero-order chi connectivity index (χ0) is 26.4. The van der Waals surface area contributed by atoms with Gasteiger partial charge in [0.2, 0.25) is 0 Å². The summed E-state index contributed by atoms with van der Waals surface area (Å²) in [6.45, 7) is 7.01. The van der Waals surface area contributed by atoms with Gasteiger partial charge in [-0.25, -0.2) is 14.8 Å². The molecule has 1 amide bonds. The largest absolute Gasteiger partial charge is 0.466 e. The van der Waals surface area contributed by atoms with Crippen molar-refractivity contribution in [3.8, 4) is 17.0 Å². The van der Waals surface area contributed by atoms with Gasteiger partial charge < -0.3 is 19.5 Å². The molecule has 1 aliphatic heterocycles. The Hall–Kier alpha value is -3.63. The van der Waals surface area contributed by atoms with Crippen LogP contribution in [-0.2, 0) is 11.8 Å². The molecule has 10 nitrogen and oxygen atoms in total. The highest BCUT2D eigenvalue weighted by Gasteiger charge is 2.33. The van der Waals surface area contributed by atoms with Gasteiger partial charge in [-0.15, -0.1) is 0 Å². The number of methoxy groups -OCH3 is 1. The number of carbonyl (C=O) groups is 1. The molecule has 5 rings (SSSR count). The molecule has 0 saturated carbocycles.